The first kappa shape index (κ1) is 35.1. The van der Waals surface area contributed by atoms with Gasteiger partial charge in [-0.2, -0.15) is 29.0 Å². The minimum Gasteiger partial charge on any atom is -0.447 e. The Morgan fingerprint density at radius 3 is 1.12 bits per heavy atom. The van der Waals surface area contributed by atoms with Crippen LogP contribution in [0.2, 0.25) is 0 Å². The zero-order valence-electron chi connectivity index (χ0n) is 25.4. The molecule has 0 bridgehead atoms. The minimum atomic E-state index is -1.71. The van der Waals surface area contributed by atoms with Crippen LogP contribution in [-0.2, 0) is 33.8 Å². The molecular weight excluding hydrogens is 528 g/mol. The predicted octanol–water partition coefficient (Wildman–Crippen LogP) is 7.97. The van der Waals surface area contributed by atoms with Crippen LogP contribution < -0.4 is 0 Å². The molecule has 2 saturated carbocycles. The van der Waals surface area contributed by atoms with E-state index in [0.29, 0.717) is 11.8 Å². The van der Waals surface area contributed by atoms with Gasteiger partial charge in [0.15, 0.2) is 0 Å². The van der Waals surface area contributed by atoms with Crippen LogP contribution in [0, 0.1) is 22.7 Å². The highest BCUT2D eigenvalue weighted by atomic mass is 17.3. The van der Waals surface area contributed by atoms with Crippen molar-refractivity contribution in [1.82, 2.24) is 0 Å². The molecule has 0 atom stereocenters. The van der Waals surface area contributed by atoms with Gasteiger partial charge in [-0.3, -0.25) is 0 Å². The average Bonchev–Trinajstić information content (AvgIpc) is 2.80. The van der Waals surface area contributed by atoms with Gasteiger partial charge in [-0.1, -0.05) is 41.5 Å². The Bertz CT molecular complexity index is 770. The van der Waals surface area contributed by atoms with Crippen molar-refractivity contribution in [1.29, 1.82) is 0 Å². The lowest BCUT2D eigenvalue weighted by Crippen LogP contribution is -2.31. The maximum Gasteiger partial charge on any atom is 0.550 e. The fourth-order valence-electron chi connectivity index (χ4n) is 4.81. The third kappa shape index (κ3) is 15.0. The molecule has 2 fully saturated rings. The monoisotopic (exact) mass is 576 g/mol. The third-order valence-corrected chi connectivity index (χ3v) is 7.07. The zero-order chi connectivity index (χ0) is 30.7. The van der Waals surface area contributed by atoms with Crippen molar-refractivity contribution in [3.05, 3.63) is 0 Å². The van der Waals surface area contributed by atoms with Crippen molar-refractivity contribution in [3.63, 3.8) is 0 Å². The molecule has 2 aliphatic rings. The quantitative estimate of drug-likeness (QED) is 0.147. The van der Waals surface area contributed by atoms with Gasteiger partial charge in [-0.25, -0.2) is 9.68 Å². The Kier molecular flexibility index (Phi) is 13.3. The molecule has 12 heteroatoms. The number of rotatable bonds is 2. The molecule has 0 aromatic rings. The van der Waals surface area contributed by atoms with Gasteiger partial charge >= 0.3 is 24.6 Å². The van der Waals surface area contributed by atoms with Gasteiger partial charge in [0.1, 0.15) is 17.8 Å². The Morgan fingerprint density at radius 2 is 0.850 bits per heavy atom. The highest BCUT2D eigenvalue weighted by molar-refractivity contribution is 5.64. The maximum absolute atomic E-state index is 11.8. The lowest BCUT2D eigenvalue weighted by Gasteiger charge is -2.36. The Balaban J connectivity index is 0.000000562. The van der Waals surface area contributed by atoms with Crippen molar-refractivity contribution in [3.8, 4) is 0 Å². The minimum absolute atomic E-state index is 0.182. The fraction of sp³-hybridized carbons (Fsp3) is 0.857. The van der Waals surface area contributed by atoms with E-state index in [4.69, 9.17) is 14.6 Å². The molecular formula is C28H48O12. The van der Waals surface area contributed by atoms with Crippen LogP contribution in [-0.4, -0.2) is 47.5 Å². The molecule has 12 nitrogen and oxygen atoms in total. The number of carbonyl (C=O) groups excluding carboxylic acids is 3. The number of hydrogen-bond donors (Lipinski definition) is 1. The number of carboxylic acid groups (broad SMARTS) is 1. The van der Waals surface area contributed by atoms with E-state index in [1.54, 1.807) is 20.8 Å². The van der Waals surface area contributed by atoms with Gasteiger partial charge in [-0.15, -0.1) is 0 Å². The van der Waals surface area contributed by atoms with Crippen LogP contribution in [0.1, 0.15) is 114 Å². The van der Waals surface area contributed by atoms with Crippen molar-refractivity contribution in [2.75, 3.05) is 0 Å². The molecule has 0 radical (unpaired) electrons. The third-order valence-electron chi connectivity index (χ3n) is 7.07. The lowest BCUT2D eigenvalue weighted by atomic mass is 9.72. The van der Waals surface area contributed by atoms with Crippen molar-refractivity contribution in [2.24, 2.45) is 22.7 Å². The summed E-state index contributed by atoms with van der Waals surface area (Å²) in [5.41, 5.74) is -0.201. The smallest absolute Gasteiger partial charge is 0.447 e. The van der Waals surface area contributed by atoms with E-state index in [1.807, 2.05) is 0 Å². The van der Waals surface area contributed by atoms with Gasteiger partial charge < -0.3 is 19.3 Å². The van der Waals surface area contributed by atoms with Gasteiger partial charge in [-0.05, 0) is 94.8 Å². The summed E-state index contributed by atoms with van der Waals surface area (Å²) in [7, 11) is 0. The van der Waals surface area contributed by atoms with Crippen LogP contribution in [0.4, 0.5) is 19.2 Å². The molecule has 232 valence electrons. The van der Waals surface area contributed by atoms with E-state index in [2.05, 4.69) is 65.8 Å². The highest BCUT2D eigenvalue weighted by Gasteiger charge is 2.33. The molecule has 0 heterocycles. The Morgan fingerprint density at radius 1 is 0.525 bits per heavy atom. The summed E-state index contributed by atoms with van der Waals surface area (Å²) in [5.74, 6) is 1.26. The molecule has 2 aliphatic carbocycles. The van der Waals surface area contributed by atoms with Crippen LogP contribution >= 0.6 is 0 Å². The van der Waals surface area contributed by atoms with Crippen molar-refractivity contribution >= 4 is 24.6 Å². The van der Waals surface area contributed by atoms with Crippen molar-refractivity contribution < 1.29 is 58.0 Å². The molecule has 0 unspecified atom stereocenters. The second-order valence-electron chi connectivity index (χ2n) is 13.5. The van der Waals surface area contributed by atoms with Gasteiger partial charge in [0, 0.05) is 0 Å². The summed E-state index contributed by atoms with van der Waals surface area (Å²) in [6.07, 6.45) is 2.06. The van der Waals surface area contributed by atoms with E-state index < -0.39 is 30.2 Å². The standard InChI is InChI=1S/C22H38O6.C6H10O6/c1-21(2,3)15-7-11-17(12-8-15)25-19(23)27-28-20(24)26-18-13-9-16(10-14-18)22(4,5)6;1-6(2,3)10-5(9)12-11-4(7)8/h15-18H,7-14H2,1-6H3;1-3H3,(H,7,8). The van der Waals surface area contributed by atoms with E-state index in [1.165, 1.54) is 0 Å². The van der Waals surface area contributed by atoms with Crippen LogP contribution in [0.15, 0.2) is 0 Å². The predicted molar refractivity (Wildman–Crippen MR) is 142 cm³/mol. The summed E-state index contributed by atoms with van der Waals surface area (Å²) in [6, 6.07) is 0. The average molecular weight is 577 g/mol. The normalized spacial score (nSPS) is 23.3. The van der Waals surface area contributed by atoms with E-state index >= 15 is 0 Å². The second kappa shape index (κ2) is 15.2. The first-order valence-electron chi connectivity index (χ1n) is 13.8. The molecule has 0 aliphatic heterocycles. The molecule has 0 aromatic carbocycles. The Hall–Kier alpha value is -2.92. The van der Waals surface area contributed by atoms with Gasteiger partial charge in [0.05, 0.1) is 0 Å². The molecule has 2 rings (SSSR count). The van der Waals surface area contributed by atoms with Crippen LogP contribution in [0.5, 0.6) is 0 Å². The molecule has 0 saturated heterocycles. The second-order valence-corrected chi connectivity index (χ2v) is 13.5. The molecule has 0 aromatic heterocycles. The molecule has 0 amide bonds. The van der Waals surface area contributed by atoms with Crippen LogP contribution in [0.3, 0.4) is 0 Å². The SMILES string of the molecule is CC(C)(C)C1CCC(OC(=O)OOC(=O)OC2CCC(C(C)(C)C)CC2)CC1.CC(C)(C)OC(=O)OOC(=O)O. The van der Waals surface area contributed by atoms with Gasteiger partial charge in [0.25, 0.3) is 0 Å². The summed E-state index contributed by atoms with van der Waals surface area (Å²) in [5, 5.41) is 7.91. The first-order valence-corrected chi connectivity index (χ1v) is 13.8. The zero-order valence-corrected chi connectivity index (χ0v) is 25.4. The van der Waals surface area contributed by atoms with Crippen LogP contribution in [0.25, 0.3) is 0 Å². The van der Waals surface area contributed by atoms with Gasteiger partial charge in [0.2, 0.25) is 0 Å². The highest BCUT2D eigenvalue weighted by Crippen LogP contribution is 2.39. The van der Waals surface area contributed by atoms with E-state index in [-0.39, 0.29) is 23.0 Å². The summed E-state index contributed by atoms with van der Waals surface area (Å²) in [6.45, 7) is 18.2. The fourth-order valence-corrected chi connectivity index (χ4v) is 4.81. The summed E-state index contributed by atoms with van der Waals surface area (Å²) in [4.78, 5) is 59.9. The van der Waals surface area contributed by atoms with Crippen molar-refractivity contribution in [2.45, 2.75) is 131 Å². The van der Waals surface area contributed by atoms with E-state index in [0.717, 1.165) is 51.4 Å². The molecule has 0 spiro atoms. The van der Waals surface area contributed by atoms with E-state index in [9.17, 15) is 19.2 Å². The maximum atomic E-state index is 11.8. The Labute approximate surface area is 237 Å². The molecule has 40 heavy (non-hydrogen) atoms. The summed E-state index contributed by atoms with van der Waals surface area (Å²) < 4.78 is 15.0. The number of hydrogen-bond acceptors (Lipinski definition) is 11. The number of carbonyl (C=O) groups is 4. The first-order chi connectivity index (χ1) is 18.3. The molecule has 1 N–H and O–H groups in total. The number of ether oxygens (including phenoxy) is 3. The largest absolute Gasteiger partial charge is 0.550 e. The summed E-state index contributed by atoms with van der Waals surface area (Å²) >= 11 is 0. The lowest BCUT2D eigenvalue weighted by molar-refractivity contribution is -0.227. The topological polar surface area (TPSA) is 153 Å².